The van der Waals surface area contributed by atoms with Crippen LogP contribution in [0.25, 0.3) is 0 Å². The molecule has 2 amide bonds. The number of rotatable bonds is 8. The predicted molar refractivity (Wildman–Crippen MR) is 116 cm³/mol. The molecule has 6 nitrogen and oxygen atoms in total. The van der Waals surface area contributed by atoms with Crippen LogP contribution < -0.4 is 20.1 Å². The Morgan fingerprint density at radius 2 is 1.53 bits per heavy atom. The Balaban J connectivity index is 1.76. The number of methoxy groups -OCH3 is 2. The predicted octanol–water partition coefficient (Wildman–Crippen LogP) is 4.20. The van der Waals surface area contributed by atoms with Crippen LogP contribution in [-0.4, -0.2) is 26.0 Å². The van der Waals surface area contributed by atoms with Crippen LogP contribution in [0.2, 0.25) is 0 Å². The largest absolute Gasteiger partial charge is 0.497 e. The molecule has 0 aliphatic carbocycles. The maximum atomic E-state index is 12.8. The standard InChI is InChI=1S/C24H24N2O4/c1-29-19-13-14-20(22(15-19)30-2)25-23(27)16-21(17-9-5-3-6-10-17)26-24(28)18-11-7-4-8-12-18/h3-15,21H,16H2,1-2H3,(H,25,27)(H,26,28)/t21-/m1/s1. The number of ether oxygens (including phenoxy) is 2. The summed E-state index contributed by atoms with van der Waals surface area (Å²) in [4.78, 5) is 25.5. The fourth-order valence-electron chi connectivity index (χ4n) is 3.06. The van der Waals surface area contributed by atoms with Crippen molar-refractivity contribution >= 4 is 17.5 Å². The van der Waals surface area contributed by atoms with Gasteiger partial charge in [-0.1, -0.05) is 48.5 Å². The van der Waals surface area contributed by atoms with Gasteiger partial charge in [0.2, 0.25) is 5.91 Å². The van der Waals surface area contributed by atoms with Crippen LogP contribution >= 0.6 is 0 Å². The smallest absolute Gasteiger partial charge is 0.251 e. The van der Waals surface area contributed by atoms with E-state index >= 15 is 0 Å². The molecule has 3 rings (SSSR count). The molecular formula is C24H24N2O4. The van der Waals surface area contributed by atoms with Crippen LogP contribution in [0.5, 0.6) is 11.5 Å². The van der Waals surface area contributed by atoms with Gasteiger partial charge in [0, 0.05) is 11.6 Å². The van der Waals surface area contributed by atoms with Gasteiger partial charge < -0.3 is 20.1 Å². The molecule has 3 aromatic carbocycles. The number of benzene rings is 3. The molecule has 0 saturated heterocycles. The summed E-state index contributed by atoms with van der Waals surface area (Å²) in [6.45, 7) is 0. The highest BCUT2D eigenvalue weighted by atomic mass is 16.5. The van der Waals surface area contributed by atoms with Crippen LogP contribution in [0.1, 0.15) is 28.4 Å². The van der Waals surface area contributed by atoms with Crippen molar-refractivity contribution in [1.29, 1.82) is 0 Å². The van der Waals surface area contributed by atoms with E-state index in [4.69, 9.17) is 9.47 Å². The van der Waals surface area contributed by atoms with Gasteiger partial charge in [0.1, 0.15) is 11.5 Å². The van der Waals surface area contributed by atoms with Crippen molar-refractivity contribution in [1.82, 2.24) is 5.32 Å². The van der Waals surface area contributed by atoms with E-state index in [0.717, 1.165) is 5.56 Å². The van der Waals surface area contributed by atoms with Crippen LogP contribution in [0.15, 0.2) is 78.9 Å². The van der Waals surface area contributed by atoms with Gasteiger partial charge in [-0.05, 0) is 29.8 Å². The molecule has 1 atom stereocenters. The maximum Gasteiger partial charge on any atom is 0.251 e. The Morgan fingerprint density at radius 3 is 2.17 bits per heavy atom. The van der Waals surface area contributed by atoms with E-state index in [1.807, 2.05) is 36.4 Å². The molecule has 3 aromatic rings. The fourth-order valence-corrected chi connectivity index (χ4v) is 3.06. The molecule has 0 heterocycles. The van der Waals surface area contributed by atoms with Gasteiger partial charge >= 0.3 is 0 Å². The van der Waals surface area contributed by atoms with Crippen molar-refractivity contribution in [3.05, 3.63) is 90.0 Å². The number of carbonyl (C=O) groups excluding carboxylic acids is 2. The highest BCUT2D eigenvalue weighted by Gasteiger charge is 2.20. The normalized spacial score (nSPS) is 11.3. The molecule has 0 saturated carbocycles. The second-order valence-corrected chi connectivity index (χ2v) is 6.62. The lowest BCUT2D eigenvalue weighted by Gasteiger charge is -2.20. The first-order valence-electron chi connectivity index (χ1n) is 9.53. The molecule has 30 heavy (non-hydrogen) atoms. The zero-order valence-corrected chi connectivity index (χ0v) is 16.9. The minimum atomic E-state index is -0.483. The Labute approximate surface area is 175 Å². The number of anilines is 1. The van der Waals surface area contributed by atoms with E-state index in [9.17, 15) is 9.59 Å². The second kappa shape index (κ2) is 10.1. The minimum Gasteiger partial charge on any atom is -0.497 e. The third-order valence-corrected chi connectivity index (χ3v) is 4.62. The summed E-state index contributed by atoms with van der Waals surface area (Å²) in [5.74, 6) is 0.634. The average Bonchev–Trinajstić information content (AvgIpc) is 2.80. The van der Waals surface area contributed by atoms with E-state index < -0.39 is 6.04 Å². The molecule has 0 unspecified atom stereocenters. The number of hydrogen-bond donors (Lipinski definition) is 2. The van der Waals surface area contributed by atoms with Crippen molar-refractivity contribution in [2.45, 2.75) is 12.5 Å². The first-order valence-corrected chi connectivity index (χ1v) is 9.53. The molecule has 0 radical (unpaired) electrons. The van der Waals surface area contributed by atoms with Gasteiger partial charge in [0.15, 0.2) is 0 Å². The zero-order chi connectivity index (χ0) is 21.3. The Kier molecular flexibility index (Phi) is 7.05. The second-order valence-electron chi connectivity index (χ2n) is 6.62. The monoisotopic (exact) mass is 404 g/mol. The third kappa shape index (κ3) is 5.38. The van der Waals surface area contributed by atoms with E-state index in [0.29, 0.717) is 22.7 Å². The lowest BCUT2D eigenvalue weighted by atomic mass is 10.0. The summed E-state index contributed by atoms with van der Waals surface area (Å²) in [6, 6.07) is 23.0. The zero-order valence-electron chi connectivity index (χ0n) is 16.9. The molecule has 0 bridgehead atoms. The van der Waals surface area contributed by atoms with Crippen molar-refractivity contribution in [2.75, 3.05) is 19.5 Å². The Hall–Kier alpha value is -3.80. The highest BCUT2D eigenvalue weighted by Crippen LogP contribution is 2.29. The van der Waals surface area contributed by atoms with Gasteiger partial charge in [0.25, 0.3) is 5.91 Å². The van der Waals surface area contributed by atoms with Gasteiger partial charge in [-0.2, -0.15) is 0 Å². The van der Waals surface area contributed by atoms with Gasteiger partial charge in [-0.15, -0.1) is 0 Å². The van der Waals surface area contributed by atoms with Crippen LogP contribution in [-0.2, 0) is 4.79 Å². The summed E-state index contributed by atoms with van der Waals surface area (Å²) in [7, 11) is 3.09. The van der Waals surface area contributed by atoms with Crippen LogP contribution in [0, 0.1) is 0 Å². The first kappa shape index (κ1) is 20.9. The SMILES string of the molecule is COc1ccc(NC(=O)C[C@@H](NC(=O)c2ccccc2)c2ccccc2)c(OC)c1. The van der Waals surface area contributed by atoms with Crippen molar-refractivity contribution in [3.8, 4) is 11.5 Å². The summed E-state index contributed by atoms with van der Waals surface area (Å²) >= 11 is 0. The highest BCUT2D eigenvalue weighted by molar-refractivity contribution is 5.96. The van der Waals surface area contributed by atoms with E-state index in [1.54, 1.807) is 49.6 Å². The number of nitrogens with one attached hydrogen (secondary N) is 2. The van der Waals surface area contributed by atoms with Crippen LogP contribution in [0.4, 0.5) is 5.69 Å². The van der Waals surface area contributed by atoms with Gasteiger partial charge in [-0.25, -0.2) is 0 Å². The molecule has 2 N–H and O–H groups in total. The molecule has 0 aliphatic rings. The number of carbonyl (C=O) groups is 2. The van der Waals surface area contributed by atoms with Crippen molar-refractivity contribution in [3.63, 3.8) is 0 Å². The van der Waals surface area contributed by atoms with E-state index in [-0.39, 0.29) is 18.2 Å². The lowest BCUT2D eigenvalue weighted by molar-refractivity contribution is -0.116. The van der Waals surface area contributed by atoms with Gasteiger partial charge in [0.05, 0.1) is 32.4 Å². The molecule has 0 aromatic heterocycles. The molecule has 0 fully saturated rings. The average molecular weight is 404 g/mol. The minimum absolute atomic E-state index is 0.0672. The quantitative estimate of drug-likeness (QED) is 0.590. The summed E-state index contributed by atoms with van der Waals surface area (Å²) < 4.78 is 10.5. The van der Waals surface area contributed by atoms with Crippen molar-refractivity contribution in [2.24, 2.45) is 0 Å². The Bertz CT molecular complexity index is 991. The van der Waals surface area contributed by atoms with E-state index in [1.165, 1.54) is 7.11 Å². The molecule has 0 spiro atoms. The molecule has 154 valence electrons. The van der Waals surface area contributed by atoms with E-state index in [2.05, 4.69) is 10.6 Å². The first-order chi connectivity index (χ1) is 14.6. The third-order valence-electron chi connectivity index (χ3n) is 4.62. The fraction of sp³-hybridized carbons (Fsp3) is 0.167. The maximum absolute atomic E-state index is 12.8. The van der Waals surface area contributed by atoms with Gasteiger partial charge in [-0.3, -0.25) is 9.59 Å². The number of hydrogen-bond acceptors (Lipinski definition) is 4. The molecular weight excluding hydrogens is 380 g/mol. The Morgan fingerprint density at radius 1 is 0.867 bits per heavy atom. The van der Waals surface area contributed by atoms with Crippen LogP contribution in [0.3, 0.4) is 0 Å². The molecule has 0 aliphatic heterocycles. The summed E-state index contributed by atoms with van der Waals surface area (Å²) in [5.41, 5.74) is 1.92. The van der Waals surface area contributed by atoms with Crippen molar-refractivity contribution < 1.29 is 19.1 Å². The number of amides is 2. The summed E-state index contributed by atoms with van der Waals surface area (Å²) in [5, 5.41) is 5.82. The topological polar surface area (TPSA) is 76.7 Å². The molecule has 6 heteroatoms. The lowest BCUT2D eigenvalue weighted by Crippen LogP contribution is -2.31. The summed E-state index contributed by atoms with van der Waals surface area (Å²) in [6.07, 6.45) is 0.0672.